The normalized spacial score (nSPS) is 16.4. The van der Waals surface area contributed by atoms with Gasteiger partial charge in [-0.15, -0.1) is 13.2 Å². The molecule has 0 aliphatic carbocycles. The van der Waals surface area contributed by atoms with Crippen molar-refractivity contribution < 1.29 is 27.9 Å². The van der Waals surface area contributed by atoms with Gasteiger partial charge >= 0.3 is 5.97 Å². The Morgan fingerprint density at radius 1 is 1.19 bits per heavy atom. The van der Waals surface area contributed by atoms with Gasteiger partial charge in [0.05, 0.1) is 12.0 Å². The molecular formula is C22H26N2O6S2. The molecule has 1 fully saturated rings. The lowest BCUT2D eigenvalue weighted by Gasteiger charge is -2.31. The molecule has 1 aliphatic heterocycles. The molecule has 1 saturated heterocycles. The highest BCUT2D eigenvalue weighted by atomic mass is 32.2. The van der Waals surface area contributed by atoms with Crippen LogP contribution in [0.1, 0.15) is 15.9 Å². The van der Waals surface area contributed by atoms with Crippen LogP contribution < -0.4 is 10.1 Å². The number of carboxylic acid groups (broad SMARTS) is 1. The number of rotatable bonds is 6. The quantitative estimate of drug-likeness (QED) is 0.613. The van der Waals surface area contributed by atoms with Crippen LogP contribution in [0.5, 0.6) is 5.75 Å². The second-order valence-corrected chi connectivity index (χ2v) is 9.75. The molecule has 8 nitrogen and oxygen atoms in total. The van der Waals surface area contributed by atoms with E-state index in [0.717, 1.165) is 9.87 Å². The van der Waals surface area contributed by atoms with Gasteiger partial charge in [-0.3, -0.25) is 9.59 Å². The van der Waals surface area contributed by atoms with Gasteiger partial charge in [0, 0.05) is 29.3 Å². The molecule has 1 aliphatic rings. The maximum absolute atomic E-state index is 12.9. The van der Waals surface area contributed by atoms with E-state index >= 15 is 0 Å². The molecule has 0 saturated carbocycles. The van der Waals surface area contributed by atoms with Gasteiger partial charge < -0.3 is 15.2 Å². The topological polar surface area (TPSA) is 113 Å². The van der Waals surface area contributed by atoms with Gasteiger partial charge in [0.25, 0.3) is 5.91 Å². The number of ether oxygens (including phenoxy) is 1. The van der Waals surface area contributed by atoms with E-state index in [1.165, 1.54) is 36.0 Å². The van der Waals surface area contributed by atoms with Crippen molar-refractivity contribution in [2.75, 3.05) is 30.5 Å². The smallest absolute Gasteiger partial charge is 0.322 e. The summed E-state index contributed by atoms with van der Waals surface area (Å²) < 4.78 is 32.0. The van der Waals surface area contributed by atoms with Crippen LogP contribution in [0.3, 0.4) is 0 Å². The van der Waals surface area contributed by atoms with E-state index in [9.17, 15) is 23.1 Å². The van der Waals surface area contributed by atoms with Gasteiger partial charge in [0.2, 0.25) is 10.0 Å². The van der Waals surface area contributed by atoms with Crippen molar-refractivity contribution in [3.8, 4) is 5.75 Å². The van der Waals surface area contributed by atoms with E-state index in [0.29, 0.717) is 22.8 Å². The highest BCUT2D eigenvalue weighted by Gasteiger charge is 2.37. The van der Waals surface area contributed by atoms with Crippen LogP contribution in [-0.4, -0.2) is 60.9 Å². The highest BCUT2D eigenvalue weighted by Crippen LogP contribution is 2.26. The Labute approximate surface area is 192 Å². The number of hydrogen-bond donors (Lipinski definition) is 2. The fraction of sp³-hybridized carbons (Fsp3) is 0.273. The predicted molar refractivity (Wildman–Crippen MR) is 126 cm³/mol. The maximum atomic E-state index is 12.9. The Hall–Kier alpha value is -2.82. The molecular weight excluding hydrogens is 452 g/mol. The molecule has 32 heavy (non-hydrogen) atoms. The van der Waals surface area contributed by atoms with Gasteiger partial charge in [-0.1, -0.05) is 0 Å². The first kappa shape index (κ1) is 25.4. The SMILES string of the molecule is C=C.COc1ccc(C(=O)Nc2ccc(S(=O)(=O)N3CCSCC3C(=O)O)cc2)cc1C. The average Bonchev–Trinajstić information content (AvgIpc) is 2.80. The average molecular weight is 479 g/mol. The van der Waals surface area contributed by atoms with Crippen molar-refractivity contribution in [2.45, 2.75) is 17.9 Å². The van der Waals surface area contributed by atoms with Crippen molar-refractivity contribution in [3.63, 3.8) is 0 Å². The molecule has 0 bridgehead atoms. The molecule has 2 N–H and O–H groups in total. The monoisotopic (exact) mass is 478 g/mol. The molecule has 0 spiro atoms. The maximum Gasteiger partial charge on any atom is 0.322 e. The summed E-state index contributed by atoms with van der Waals surface area (Å²) in [5.74, 6) is -0.0701. The van der Waals surface area contributed by atoms with Gasteiger partial charge in [0.15, 0.2) is 0 Å². The van der Waals surface area contributed by atoms with Gasteiger partial charge in [0.1, 0.15) is 11.8 Å². The van der Waals surface area contributed by atoms with Crippen LogP contribution in [0.4, 0.5) is 5.69 Å². The summed E-state index contributed by atoms with van der Waals surface area (Å²) in [4.78, 5) is 23.9. The first-order chi connectivity index (χ1) is 15.2. The minimum atomic E-state index is -3.95. The number of nitrogens with one attached hydrogen (secondary N) is 1. The Kier molecular flexibility index (Phi) is 8.88. The Bertz CT molecular complexity index is 1070. The highest BCUT2D eigenvalue weighted by molar-refractivity contribution is 7.99. The third-order valence-electron chi connectivity index (χ3n) is 4.74. The van der Waals surface area contributed by atoms with E-state index in [1.54, 1.807) is 25.3 Å². The number of thioether (sulfide) groups is 1. The molecule has 0 aromatic heterocycles. The van der Waals surface area contributed by atoms with Crippen LogP contribution >= 0.6 is 11.8 Å². The van der Waals surface area contributed by atoms with Crippen LogP contribution in [0.15, 0.2) is 60.5 Å². The number of hydrogen-bond acceptors (Lipinski definition) is 6. The summed E-state index contributed by atoms with van der Waals surface area (Å²) in [6.07, 6.45) is 0. The molecule has 1 heterocycles. The fourth-order valence-electron chi connectivity index (χ4n) is 3.14. The number of carbonyl (C=O) groups is 2. The van der Waals surface area contributed by atoms with Gasteiger partial charge in [-0.25, -0.2) is 8.42 Å². The second-order valence-electron chi connectivity index (χ2n) is 6.71. The summed E-state index contributed by atoms with van der Waals surface area (Å²) >= 11 is 1.41. The fourth-order valence-corrected chi connectivity index (χ4v) is 5.97. The summed E-state index contributed by atoms with van der Waals surface area (Å²) in [5, 5.41) is 12.1. The van der Waals surface area contributed by atoms with Crippen LogP contribution in [-0.2, 0) is 14.8 Å². The number of sulfonamides is 1. The van der Waals surface area contributed by atoms with Crippen molar-refractivity contribution in [1.29, 1.82) is 0 Å². The summed E-state index contributed by atoms with van der Waals surface area (Å²) in [6.45, 7) is 7.97. The lowest BCUT2D eigenvalue weighted by molar-refractivity contribution is -0.140. The minimum Gasteiger partial charge on any atom is -0.496 e. The zero-order chi connectivity index (χ0) is 23.9. The van der Waals surface area contributed by atoms with Crippen LogP contribution in [0, 0.1) is 6.92 Å². The Morgan fingerprint density at radius 3 is 2.41 bits per heavy atom. The third-order valence-corrected chi connectivity index (χ3v) is 7.69. The molecule has 0 radical (unpaired) electrons. The van der Waals surface area contributed by atoms with Crippen molar-refractivity contribution in [3.05, 3.63) is 66.7 Å². The van der Waals surface area contributed by atoms with Crippen LogP contribution in [0.2, 0.25) is 0 Å². The standard InChI is InChI=1S/C20H22N2O6S2.C2H4/c1-13-11-14(3-8-18(13)28-2)19(23)21-15-4-6-16(7-5-15)30(26,27)22-9-10-29-12-17(22)20(24)25;1-2/h3-8,11,17H,9-10,12H2,1-2H3,(H,21,23)(H,24,25);1-2H2. The number of aryl methyl sites for hydroxylation is 1. The van der Waals surface area contributed by atoms with E-state index < -0.39 is 22.0 Å². The molecule has 172 valence electrons. The number of benzene rings is 2. The van der Waals surface area contributed by atoms with Crippen LogP contribution in [0.25, 0.3) is 0 Å². The lowest BCUT2D eigenvalue weighted by atomic mass is 10.1. The zero-order valence-electron chi connectivity index (χ0n) is 17.9. The lowest BCUT2D eigenvalue weighted by Crippen LogP contribution is -2.50. The molecule has 10 heteroatoms. The molecule has 1 atom stereocenters. The molecule has 2 aromatic rings. The first-order valence-electron chi connectivity index (χ1n) is 9.62. The van der Waals surface area contributed by atoms with E-state index in [4.69, 9.17) is 4.74 Å². The van der Waals surface area contributed by atoms with Gasteiger partial charge in [-0.05, 0) is 55.0 Å². The van der Waals surface area contributed by atoms with Crippen molar-refractivity contribution >= 4 is 39.3 Å². The van der Waals surface area contributed by atoms with Crippen molar-refractivity contribution in [1.82, 2.24) is 4.31 Å². The Balaban J connectivity index is 0.00000176. The summed E-state index contributed by atoms with van der Waals surface area (Å²) in [5.41, 5.74) is 1.69. The predicted octanol–water partition coefficient (Wildman–Crippen LogP) is 3.25. The molecule has 1 unspecified atom stereocenters. The van der Waals surface area contributed by atoms with E-state index in [-0.39, 0.29) is 23.1 Å². The van der Waals surface area contributed by atoms with Crippen molar-refractivity contribution in [2.24, 2.45) is 0 Å². The second kappa shape index (κ2) is 11.2. The minimum absolute atomic E-state index is 0.0149. The first-order valence-corrected chi connectivity index (χ1v) is 12.2. The number of carbonyl (C=O) groups excluding carboxylic acids is 1. The molecule has 1 amide bonds. The number of amides is 1. The number of aliphatic carboxylic acids is 1. The third kappa shape index (κ3) is 5.70. The van der Waals surface area contributed by atoms with E-state index in [1.807, 2.05) is 6.92 Å². The van der Waals surface area contributed by atoms with Gasteiger partial charge in [-0.2, -0.15) is 16.1 Å². The summed E-state index contributed by atoms with van der Waals surface area (Å²) in [6, 6.07) is 9.65. The molecule has 3 rings (SSSR count). The molecule has 2 aromatic carbocycles. The number of anilines is 1. The number of methoxy groups -OCH3 is 1. The zero-order valence-corrected chi connectivity index (χ0v) is 19.5. The number of nitrogens with zero attached hydrogens (tertiary/aromatic N) is 1. The Morgan fingerprint density at radius 2 is 1.84 bits per heavy atom. The number of carboxylic acids is 1. The largest absolute Gasteiger partial charge is 0.496 e. The van der Waals surface area contributed by atoms with E-state index in [2.05, 4.69) is 18.5 Å². The summed E-state index contributed by atoms with van der Waals surface area (Å²) in [7, 11) is -2.40.